The minimum absolute atomic E-state index is 0.148. The van der Waals surface area contributed by atoms with Crippen LogP contribution in [-0.4, -0.2) is 21.2 Å². The van der Waals surface area contributed by atoms with Crippen LogP contribution in [0.3, 0.4) is 0 Å². The van der Waals surface area contributed by atoms with Crippen molar-refractivity contribution in [3.8, 4) is 0 Å². The second-order valence-corrected chi connectivity index (χ2v) is 7.90. The smallest absolute Gasteiger partial charge is 0.0943 e. The van der Waals surface area contributed by atoms with Gasteiger partial charge in [-0.2, -0.15) is 0 Å². The molecule has 0 aromatic heterocycles. The Bertz CT molecular complexity index is 297. The summed E-state index contributed by atoms with van der Waals surface area (Å²) in [6.07, 6.45) is 1.17. The van der Waals surface area contributed by atoms with E-state index < -0.39 is 0 Å². The van der Waals surface area contributed by atoms with Crippen molar-refractivity contribution < 1.29 is 0 Å². The zero-order chi connectivity index (χ0) is 10.0. The van der Waals surface area contributed by atoms with Gasteiger partial charge in [0.2, 0.25) is 0 Å². The van der Waals surface area contributed by atoms with E-state index in [1.54, 1.807) is 0 Å². The van der Waals surface area contributed by atoms with Gasteiger partial charge in [-0.3, -0.25) is 4.90 Å². The van der Waals surface area contributed by atoms with Crippen LogP contribution in [0.5, 0.6) is 0 Å². The molecule has 0 atom stereocenters. The van der Waals surface area contributed by atoms with Gasteiger partial charge in [0.15, 0.2) is 0 Å². The molecule has 1 aliphatic rings. The highest BCUT2D eigenvalue weighted by molar-refractivity contribution is 9.25. The summed E-state index contributed by atoms with van der Waals surface area (Å²) >= 11 is 7.34. The Morgan fingerprint density at radius 1 is 1.21 bits per heavy atom. The second-order valence-electron chi connectivity index (χ2n) is 3.80. The molecule has 3 heteroatoms. The Labute approximate surface area is 102 Å². The largest absolute Gasteiger partial charge is 0.297 e. The van der Waals surface area contributed by atoms with Gasteiger partial charge >= 0.3 is 0 Å². The van der Waals surface area contributed by atoms with Crippen molar-refractivity contribution in [3.63, 3.8) is 0 Å². The summed E-state index contributed by atoms with van der Waals surface area (Å²) in [5.74, 6) is 0. The highest BCUT2D eigenvalue weighted by Crippen LogP contribution is 2.36. The lowest BCUT2D eigenvalue weighted by Gasteiger charge is -2.17. The molecule has 1 heterocycles. The molecule has 1 saturated heterocycles. The standard InChI is InChI=1S/C11H13Br2N/c12-11(13)6-7-14(9-11)8-10-4-2-1-3-5-10/h1-5H,6-9H2. The van der Waals surface area contributed by atoms with Gasteiger partial charge in [0.1, 0.15) is 0 Å². The number of rotatable bonds is 2. The summed E-state index contributed by atoms with van der Waals surface area (Å²) < 4.78 is 0.148. The van der Waals surface area contributed by atoms with Crippen molar-refractivity contribution in [1.82, 2.24) is 4.90 Å². The van der Waals surface area contributed by atoms with Crippen LogP contribution in [0.2, 0.25) is 0 Å². The normalized spacial score (nSPS) is 21.3. The van der Waals surface area contributed by atoms with Crippen molar-refractivity contribution in [2.75, 3.05) is 13.1 Å². The minimum atomic E-state index is 0.148. The lowest BCUT2D eigenvalue weighted by molar-refractivity contribution is 0.331. The fourth-order valence-electron chi connectivity index (χ4n) is 1.78. The maximum absolute atomic E-state index is 3.67. The number of benzene rings is 1. The lowest BCUT2D eigenvalue weighted by Crippen LogP contribution is -2.22. The molecular weight excluding hydrogens is 306 g/mol. The van der Waals surface area contributed by atoms with Gasteiger partial charge in [-0.05, 0) is 12.0 Å². The van der Waals surface area contributed by atoms with Gasteiger partial charge in [0.25, 0.3) is 0 Å². The molecule has 0 spiro atoms. The van der Waals surface area contributed by atoms with Crippen LogP contribution >= 0.6 is 31.9 Å². The van der Waals surface area contributed by atoms with Gasteiger partial charge in [-0.1, -0.05) is 62.2 Å². The number of halogens is 2. The van der Waals surface area contributed by atoms with Crippen molar-refractivity contribution in [2.45, 2.75) is 16.2 Å². The summed E-state index contributed by atoms with van der Waals surface area (Å²) in [6.45, 7) is 3.28. The van der Waals surface area contributed by atoms with E-state index in [2.05, 4.69) is 67.1 Å². The van der Waals surface area contributed by atoms with Crippen LogP contribution in [0.25, 0.3) is 0 Å². The zero-order valence-corrected chi connectivity index (χ0v) is 11.1. The quantitative estimate of drug-likeness (QED) is 0.756. The first-order chi connectivity index (χ1) is 6.66. The van der Waals surface area contributed by atoms with Gasteiger partial charge in [0, 0.05) is 19.6 Å². The van der Waals surface area contributed by atoms with Gasteiger partial charge in [0.05, 0.1) is 3.23 Å². The Hall–Kier alpha value is 0.140. The fourth-order valence-corrected chi connectivity index (χ4v) is 2.85. The average Bonchev–Trinajstić information content (AvgIpc) is 2.47. The molecule has 0 bridgehead atoms. The lowest BCUT2D eigenvalue weighted by atomic mass is 10.2. The summed E-state index contributed by atoms with van der Waals surface area (Å²) in [5, 5.41) is 0. The molecule has 2 rings (SSSR count). The maximum Gasteiger partial charge on any atom is 0.0943 e. The van der Waals surface area contributed by atoms with Crippen LogP contribution in [0.4, 0.5) is 0 Å². The molecule has 1 aromatic rings. The van der Waals surface area contributed by atoms with Crippen molar-refractivity contribution in [2.24, 2.45) is 0 Å². The third-order valence-corrected chi connectivity index (χ3v) is 3.79. The van der Waals surface area contributed by atoms with E-state index in [9.17, 15) is 0 Å². The Balaban J connectivity index is 1.94. The monoisotopic (exact) mass is 317 g/mol. The Morgan fingerprint density at radius 3 is 2.50 bits per heavy atom. The third kappa shape index (κ3) is 2.81. The first-order valence-electron chi connectivity index (χ1n) is 4.80. The second kappa shape index (κ2) is 4.33. The maximum atomic E-state index is 3.67. The third-order valence-electron chi connectivity index (χ3n) is 2.50. The van der Waals surface area contributed by atoms with Crippen LogP contribution in [0.15, 0.2) is 30.3 Å². The number of likely N-dealkylation sites (tertiary alicyclic amines) is 1. The fraction of sp³-hybridized carbons (Fsp3) is 0.455. The topological polar surface area (TPSA) is 3.24 Å². The predicted octanol–water partition coefficient (Wildman–Crippen LogP) is 3.38. The van der Waals surface area contributed by atoms with E-state index >= 15 is 0 Å². The number of hydrogen-bond acceptors (Lipinski definition) is 1. The van der Waals surface area contributed by atoms with Crippen molar-refractivity contribution >= 4 is 31.9 Å². The summed E-state index contributed by atoms with van der Waals surface area (Å²) in [5.41, 5.74) is 1.39. The summed E-state index contributed by atoms with van der Waals surface area (Å²) in [4.78, 5) is 2.46. The van der Waals surface area contributed by atoms with Gasteiger partial charge in [-0.15, -0.1) is 0 Å². The molecule has 76 valence electrons. The van der Waals surface area contributed by atoms with Crippen LogP contribution in [-0.2, 0) is 6.54 Å². The van der Waals surface area contributed by atoms with Crippen LogP contribution in [0, 0.1) is 0 Å². The number of nitrogens with zero attached hydrogens (tertiary/aromatic N) is 1. The number of alkyl halides is 2. The van der Waals surface area contributed by atoms with E-state index in [0.29, 0.717) is 0 Å². The van der Waals surface area contributed by atoms with E-state index in [1.165, 1.54) is 12.0 Å². The molecular formula is C11H13Br2N. The summed E-state index contributed by atoms with van der Waals surface area (Å²) in [6, 6.07) is 10.6. The zero-order valence-electron chi connectivity index (χ0n) is 7.92. The van der Waals surface area contributed by atoms with E-state index in [0.717, 1.165) is 19.6 Å². The Kier molecular flexibility index (Phi) is 3.30. The SMILES string of the molecule is BrC1(Br)CCN(Cc2ccccc2)C1. The molecule has 0 radical (unpaired) electrons. The first-order valence-corrected chi connectivity index (χ1v) is 6.38. The molecule has 0 amide bonds. The molecule has 14 heavy (non-hydrogen) atoms. The Morgan fingerprint density at radius 2 is 1.93 bits per heavy atom. The molecule has 0 N–H and O–H groups in total. The van der Waals surface area contributed by atoms with Gasteiger partial charge < -0.3 is 0 Å². The van der Waals surface area contributed by atoms with Gasteiger partial charge in [-0.25, -0.2) is 0 Å². The average molecular weight is 319 g/mol. The summed E-state index contributed by atoms with van der Waals surface area (Å²) in [7, 11) is 0. The molecule has 1 aromatic carbocycles. The minimum Gasteiger partial charge on any atom is -0.297 e. The van der Waals surface area contributed by atoms with E-state index in [1.807, 2.05) is 0 Å². The van der Waals surface area contributed by atoms with Crippen LogP contribution in [0.1, 0.15) is 12.0 Å². The molecule has 1 aliphatic heterocycles. The van der Waals surface area contributed by atoms with Crippen molar-refractivity contribution in [3.05, 3.63) is 35.9 Å². The molecule has 0 aliphatic carbocycles. The molecule has 1 nitrogen and oxygen atoms in total. The van der Waals surface area contributed by atoms with Crippen LogP contribution < -0.4 is 0 Å². The highest BCUT2D eigenvalue weighted by Gasteiger charge is 2.32. The number of hydrogen-bond donors (Lipinski definition) is 0. The molecule has 0 saturated carbocycles. The molecule has 1 fully saturated rings. The van der Waals surface area contributed by atoms with Crippen molar-refractivity contribution in [1.29, 1.82) is 0 Å². The highest BCUT2D eigenvalue weighted by atomic mass is 79.9. The van der Waals surface area contributed by atoms with E-state index in [4.69, 9.17) is 0 Å². The first kappa shape index (κ1) is 10.7. The van der Waals surface area contributed by atoms with E-state index in [-0.39, 0.29) is 3.23 Å². The predicted molar refractivity (Wildman–Crippen MR) is 66.9 cm³/mol. The molecule has 0 unspecified atom stereocenters.